The second-order valence-corrected chi connectivity index (χ2v) is 6.44. The first-order valence-electron chi connectivity index (χ1n) is 7.63. The summed E-state index contributed by atoms with van der Waals surface area (Å²) in [6.07, 6.45) is 3.03. The summed E-state index contributed by atoms with van der Waals surface area (Å²) in [5.41, 5.74) is 3.20. The maximum absolute atomic E-state index is 12.3. The van der Waals surface area contributed by atoms with E-state index in [2.05, 4.69) is 12.1 Å². The van der Waals surface area contributed by atoms with Gasteiger partial charge in [0.05, 0.1) is 0 Å². The van der Waals surface area contributed by atoms with Crippen molar-refractivity contribution in [3.05, 3.63) is 34.4 Å². The lowest BCUT2D eigenvalue weighted by molar-refractivity contribution is -0.158. The third-order valence-electron chi connectivity index (χ3n) is 5.01. The van der Waals surface area contributed by atoms with Crippen molar-refractivity contribution in [3.8, 4) is 0 Å². The van der Waals surface area contributed by atoms with Crippen LogP contribution in [0.15, 0.2) is 12.1 Å². The fourth-order valence-electron chi connectivity index (χ4n) is 4.13. The van der Waals surface area contributed by atoms with E-state index < -0.39 is 11.4 Å². The smallest absolute Gasteiger partial charge is 0.317 e. The minimum absolute atomic E-state index is 0.207. The van der Waals surface area contributed by atoms with E-state index in [0.29, 0.717) is 6.42 Å². The van der Waals surface area contributed by atoms with Crippen molar-refractivity contribution >= 4 is 11.8 Å². The van der Waals surface area contributed by atoms with Crippen LogP contribution in [0.5, 0.6) is 0 Å². The highest BCUT2D eigenvalue weighted by Crippen LogP contribution is 2.50. The molecule has 0 amide bonds. The molecule has 3 heteroatoms. The number of carbonyl (C=O) groups excluding carboxylic acids is 1. The Morgan fingerprint density at radius 3 is 2.19 bits per heavy atom. The van der Waals surface area contributed by atoms with E-state index in [-0.39, 0.29) is 11.7 Å². The van der Waals surface area contributed by atoms with Gasteiger partial charge in [-0.2, -0.15) is 0 Å². The van der Waals surface area contributed by atoms with Crippen LogP contribution in [-0.4, -0.2) is 16.9 Å². The number of carbonyl (C=O) groups is 2. The predicted molar refractivity (Wildman–Crippen MR) is 82.6 cm³/mol. The Labute approximate surface area is 126 Å². The molecular weight excluding hydrogens is 264 g/mol. The Hall–Kier alpha value is -1.64. The predicted octanol–water partition coefficient (Wildman–Crippen LogP) is 3.93. The minimum Gasteiger partial charge on any atom is -0.480 e. The summed E-state index contributed by atoms with van der Waals surface area (Å²) in [7, 11) is 0. The Kier molecular flexibility index (Phi) is 4.22. The van der Waals surface area contributed by atoms with Crippen LogP contribution in [0.4, 0.5) is 0 Å². The zero-order chi connectivity index (χ0) is 15.8. The highest BCUT2D eigenvalue weighted by Gasteiger charge is 2.52. The van der Waals surface area contributed by atoms with Gasteiger partial charge in [0.15, 0.2) is 0 Å². The molecule has 1 fully saturated rings. The molecule has 0 aromatic heterocycles. The van der Waals surface area contributed by atoms with Crippen LogP contribution in [0.2, 0.25) is 0 Å². The van der Waals surface area contributed by atoms with Crippen molar-refractivity contribution in [2.24, 2.45) is 5.41 Å². The summed E-state index contributed by atoms with van der Waals surface area (Å²) in [4.78, 5) is 24.2. The Bertz CT molecular complexity index is 549. The summed E-state index contributed by atoms with van der Waals surface area (Å²) in [6.45, 7) is 7.53. The van der Waals surface area contributed by atoms with Crippen molar-refractivity contribution in [3.63, 3.8) is 0 Å². The lowest BCUT2D eigenvalue weighted by Crippen LogP contribution is -2.45. The monoisotopic (exact) mass is 288 g/mol. The molecule has 2 rings (SSSR count). The molecule has 2 atom stereocenters. The van der Waals surface area contributed by atoms with E-state index in [1.807, 2.05) is 20.8 Å². The first kappa shape index (κ1) is 15.7. The highest BCUT2D eigenvalue weighted by atomic mass is 16.4. The maximum atomic E-state index is 12.3. The topological polar surface area (TPSA) is 54.4 Å². The number of aryl methyl sites for hydroxylation is 3. The van der Waals surface area contributed by atoms with Crippen LogP contribution in [-0.2, 0) is 9.59 Å². The third kappa shape index (κ3) is 2.50. The summed E-state index contributed by atoms with van der Waals surface area (Å²) >= 11 is 0. The van der Waals surface area contributed by atoms with Crippen LogP contribution in [0, 0.1) is 26.2 Å². The molecule has 1 aliphatic carbocycles. The van der Waals surface area contributed by atoms with Gasteiger partial charge in [-0.3, -0.25) is 9.59 Å². The number of ketones is 1. The number of hydrogen-bond donors (Lipinski definition) is 1. The number of carboxylic acid groups (broad SMARTS) is 1. The van der Waals surface area contributed by atoms with Crippen LogP contribution in [0.25, 0.3) is 0 Å². The zero-order valence-electron chi connectivity index (χ0n) is 13.3. The van der Waals surface area contributed by atoms with Gasteiger partial charge in [0.25, 0.3) is 0 Å². The molecule has 0 heterocycles. The minimum atomic E-state index is -1.25. The van der Waals surface area contributed by atoms with E-state index in [1.54, 1.807) is 0 Å². The summed E-state index contributed by atoms with van der Waals surface area (Å²) < 4.78 is 0. The largest absolute Gasteiger partial charge is 0.480 e. The number of benzene rings is 1. The Balaban J connectivity index is 2.64. The SMILES string of the molecule is CC(=O)C1(C(=O)O)CCCCC1c1c(C)cc(C)cc1C. The third-order valence-corrected chi connectivity index (χ3v) is 5.01. The number of aliphatic carboxylic acids is 1. The van der Waals surface area contributed by atoms with Gasteiger partial charge in [0, 0.05) is 5.92 Å². The average Bonchev–Trinajstić information content (AvgIpc) is 2.37. The molecular formula is C18H24O3. The van der Waals surface area contributed by atoms with E-state index >= 15 is 0 Å². The standard InChI is InChI=1S/C18H24O3/c1-11-9-12(2)16(13(3)10-11)15-7-5-6-8-18(15,14(4)19)17(20)21/h9-10,15H,5-8H2,1-4H3,(H,20,21). The van der Waals surface area contributed by atoms with Gasteiger partial charge in [0.2, 0.25) is 0 Å². The summed E-state index contributed by atoms with van der Waals surface area (Å²) in [5, 5.41) is 9.81. The van der Waals surface area contributed by atoms with E-state index in [0.717, 1.165) is 36.0 Å². The van der Waals surface area contributed by atoms with E-state index in [1.165, 1.54) is 12.5 Å². The molecule has 1 N–H and O–H groups in total. The van der Waals surface area contributed by atoms with E-state index in [4.69, 9.17) is 0 Å². The van der Waals surface area contributed by atoms with Crippen molar-refractivity contribution < 1.29 is 14.7 Å². The Morgan fingerprint density at radius 2 is 1.71 bits per heavy atom. The quantitative estimate of drug-likeness (QED) is 0.857. The normalized spacial score (nSPS) is 25.6. The molecule has 1 aromatic carbocycles. The molecule has 0 spiro atoms. The first-order valence-corrected chi connectivity index (χ1v) is 7.63. The van der Waals surface area contributed by atoms with Gasteiger partial charge in [0.1, 0.15) is 11.2 Å². The summed E-state index contributed by atoms with van der Waals surface area (Å²) in [6, 6.07) is 4.17. The first-order chi connectivity index (χ1) is 9.80. The number of Topliss-reactive ketones (excluding diaryl/α,β-unsaturated/α-hetero) is 1. The maximum Gasteiger partial charge on any atom is 0.317 e. The van der Waals surface area contributed by atoms with Crippen LogP contribution in [0.3, 0.4) is 0 Å². The lowest BCUT2D eigenvalue weighted by Gasteiger charge is -2.40. The fraction of sp³-hybridized carbons (Fsp3) is 0.556. The number of rotatable bonds is 3. The molecule has 0 aliphatic heterocycles. The van der Waals surface area contributed by atoms with Crippen LogP contribution in [0.1, 0.15) is 60.8 Å². The molecule has 1 aromatic rings. The number of hydrogen-bond acceptors (Lipinski definition) is 2. The van der Waals surface area contributed by atoms with Crippen molar-refractivity contribution in [2.75, 3.05) is 0 Å². The Morgan fingerprint density at radius 1 is 1.14 bits per heavy atom. The van der Waals surface area contributed by atoms with Gasteiger partial charge in [-0.25, -0.2) is 0 Å². The van der Waals surface area contributed by atoms with Gasteiger partial charge in [-0.15, -0.1) is 0 Å². The second-order valence-electron chi connectivity index (χ2n) is 6.44. The van der Waals surface area contributed by atoms with Gasteiger partial charge < -0.3 is 5.11 Å². The molecule has 3 nitrogen and oxygen atoms in total. The fourth-order valence-corrected chi connectivity index (χ4v) is 4.13. The van der Waals surface area contributed by atoms with Crippen molar-refractivity contribution in [1.82, 2.24) is 0 Å². The molecule has 0 bridgehead atoms. The molecule has 1 aliphatic rings. The highest BCUT2D eigenvalue weighted by molar-refractivity contribution is 6.03. The molecule has 0 saturated heterocycles. The zero-order valence-corrected chi connectivity index (χ0v) is 13.3. The van der Waals surface area contributed by atoms with Crippen molar-refractivity contribution in [1.29, 1.82) is 0 Å². The van der Waals surface area contributed by atoms with Gasteiger partial charge in [-0.1, -0.05) is 30.5 Å². The van der Waals surface area contributed by atoms with Gasteiger partial charge in [-0.05, 0) is 57.2 Å². The molecule has 2 unspecified atom stereocenters. The van der Waals surface area contributed by atoms with Gasteiger partial charge >= 0.3 is 5.97 Å². The number of carboxylic acids is 1. The van der Waals surface area contributed by atoms with Crippen molar-refractivity contribution in [2.45, 2.75) is 59.3 Å². The molecule has 21 heavy (non-hydrogen) atoms. The van der Waals surface area contributed by atoms with Crippen LogP contribution >= 0.6 is 0 Å². The van der Waals surface area contributed by atoms with E-state index in [9.17, 15) is 14.7 Å². The average molecular weight is 288 g/mol. The molecule has 1 saturated carbocycles. The second kappa shape index (κ2) is 5.63. The molecule has 0 radical (unpaired) electrons. The van der Waals surface area contributed by atoms with Crippen LogP contribution < -0.4 is 0 Å². The summed E-state index contributed by atoms with van der Waals surface area (Å²) in [5.74, 6) is -1.37. The molecule has 114 valence electrons. The lowest BCUT2D eigenvalue weighted by atomic mass is 9.60.